The zero-order valence-corrected chi connectivity index (χ0v) is 14.1. The average molecular weight is 346 g/mol. The van der Waals surface area contributed by atoms with Crippen LogP contribution in [0.1, 0.15) is 28.6 Å². The van der Waals surface area contributed by atoms with E-state index in [2.05, 4.69) is 10.5 Å². The molecule has 1 N–H and O–H groups in total. The molecule has 0 spiro atoms. The quantitative estimate of drug-likeness (QED) is 0.633. The summed E-state index contributed by atoms with van der Waals surface area (Å²) in [6, 6.07) is 5.79. The van der Waals surface area contributed by atoms with Crippen molar-refractivity contribution < 1.29 is 19.0 Å². The third-order valence-electron chi connectivity index (χ3n) is 3.55. The summed E-state index contributed by atoms with van der Waals surface area (Å²) in [7, 11) is 0. The van der Waals surface area contributed by atoms with Crippen LogP contribution in [0.2, 0.25) is 0 Å². The molecule has 0 fully saturated rings. The first-order chi connectivity index (χ1) is 11.8. The largest absolute Gasteiger partial charge is 0.360 e. The molecule has 2 aromatic rings. The van der Waals surface area contributed by atoms with Gasteiger partial charge in [-0.2, -0.15) is 0 Å². The minimum Gasteiger partial charge on any atom is -0.360 e. The van der Waals surface area contributed by atoms with Crippen molar-refractivity contribution in [3.05, 3.63) is 51.3 Å². The van der Waals surface area contributed by atoms with Crippen LogP contribution in [0.4, 0.5) is 11.5 Å². The van der Waals surface area contributed by atoms with Crippen molar-refractivity contribution in [1.82, 2.24) is 10.1 Å². The zero-order chi connectivity index (χ0) is 18.6. The smallest absolute Gasteiger partial charge is 0.273 e. The van der Waals surface area contributed by atoms with E-state index < -0.39 is 16.7 Å². The Labute approximate surface area is 143 Å². The lowest BCUT2D eigenvalue weighted by atomic mass is 10.1. The number of nitrogens with zero attached hydrogens (tertiary/aromatic N) is 3. The number of carbonyl (C=O) groups is 2. The van der Waals surface area contributed by atoms with Crippen molar-refractivity contribution in [3.63, 3.8) is 0 Å². The van der Waals surface area contributed by atoms with Crippen molar-refractivity contribution >= 4 is 23.3 Å². The molecule has 0 saturated carbocycles. The van der Waals surface area contributed by atoms with E-state index in [0.29, 0.717) is 11.3 Å². The predicted octanol–water partition coefficient (Wildman–Crippen LogP) is 2.30. The Bertz CT molecular complexity index is 815. The molecular weight excluding hydrogens is 328 g/mol. The molecule has 0 bridgehead atoms. The molecule has 9 nitrogen and oxygen atoms in total. The molecule has 0 unspecified atom stereocenters. The molecule has 0 aliphatic carbocycles. The normalized spacial score (nSPS) is 10.4. The van der Waals surface area contributed by atoms with Crippen LogP contribution in [0.3, 0.4) is 0 Å². The number of hydrogen-bond acceptors (Lipinski definition) is 6. The second-order valence-electron chi connectivity index (χ2n) is 5.45. The number of benzene rings is 1. The molecule has 132 valence electrons. The van der Waals surface area contributed by atoms with Gasteiger partial charge in [0.2, 0.25) is 5.91 Å². The van der Waals surface area contributed by atoms with Gasteiger partial charge in [-0.05, 0) is 26.8 Å². The number of anilines is 1. The Morgan fingerprint density at radius 2 is 2.04 bits per heavy atom. The van der Waals surface area contributed by atoms with Crippen molar-refractivity contribution in [3.8, 4) is 0 Å². The fourth-order valence-electron chi connectivity index (χ4n) is 2.23. The summed E-state index contributed by atoms with van der Waals surface area (Å²) in [6.45, 7) is 5.06. The van der Waals surface area contributed by atoms with Gasteiger partial charge in [0.25, 0.3) is 11.6 Å². The predicted molar refractivity (Wildman–Crippen MR) is 89.3 cm³/mol. The molecule has 25 heavy (non-hydrogen) atoms. The molecule has 1 aromatic heterocycles. The van der Waals surface area contributed by atoms with Crippen LogP contribution in [0.5, 0.6) is 0 Å². The van der Waals surface area contributed by atoms with E-state index >= 15 is 0 Å². The maximum atomic E-state index is 12.5. The maximum absolute atomic E-state index is 12.5. The van der Waals surface area contributed by atoms with Crippen LogP contribution >= 0.6 is 0 Å². The van der Waals surface area contributed by atoms with E-state index in [-0.39, 0.29) is 30.2 Å². The molecule has 0 radical (unpaired) electrons. The molecule has 0 aliphatic rings. The van der Waals surface area contributed by atoms with Crippen LogP contribution in [0, 0.1) is 24.0 Å². The number of carbonyl (C=O) groups excluding carboxylic acids is 2. The first-order valence-electron chi connectivity index (χ1n) is 7.59. The molecule has 2 amide bonds. The van der Waals surface area contributed by atoms with Gasteiger partial charge >= 0.3 is 0 Å². The third kappa shape index (κ3) is 4.40. The van der Waals surface area contributed by atoms with Gasteiger partial charge < -0.3 is 14.7 Å². The Morgan fingerprint density at radius 1 is 1.32 bits per heavy atom. The number of rotatable bonds is 6. The number of aromatic nitrogens is 1. The standard InChI is InChI=1S/C16H18N4O5/c1-4-19(9-15(21)17-14-7-11(3)25-18-14)16(22)12-6-5-10(2)13(8-12)20(23)24/h5-8H,4,9H2,1-3H3,(H,17,18,21). The molecule has 2 rings (SSSR count). The fourth-order valence-corrected chi connectivity index (χ4v) is 2.23. The van der Waals surface area contributed by atoms with E-state index in [1.165, 1.54) is 23.1 Å². The van der Waals surface area contributed by atoms with Gasteiger partial charge in [0.05, 0.1) is 4.92 Å². The van der Waals surface area contributed by atoms with Gasteiger partial charge in [-0.15, -0.1) is 0 Å². The van der Waals surface area contributed by atoms with E-state index in [1.807, 2.05) is 0 Å². The molecular formula is C16H18N4O5. The minimum absolute atomic E-state index is 0.135. The first kappa shape index (κ1) is 18.1. The molecule has 1 heterocycles. The number of aryl methyl sites for hydroxylation is 2. The Hall–Kier alpha value is -3.23. The SMILES string of the molecule is CCN(CC(=O)Nc1cc(C)on1)C(=O)c1ccc(C)c([N+](=O)[O-])c1. The van der Waals surface area contributed by atoms with Crippen LogP contribution in [-0.4, -0.2) is 39.9 Å². The van der Waals surface area contributed by atoms with Gasteiger partial charge in [-0.1, -0.05) is 11.2 Å². The highest BCUT2D eigenvalue weighted by Gasteiger charge is 2.21. The van der Waals surface area contributed by atoms with Gasteiger partial charge in [0.1, 0.15) is 12.3 Å². The van der Waals surface area contributed by atoms with Gasteiger partial charge in [0.15, 0.2) is 5.82 Å². The third-order valence-corrected chi connectivity index (χ3v) is 3.55. The van der Waals surface area contributed by atoms with Crippen molar-refractivity contribution in [1.29, 1.82) is 0 Å². The highest BCUT2D eigenvalue weighted by molar-refractivity contribution is 5.99. The number of likely N-dealkylation sites (N-methyl/N-ethyl adjacent to an activating group) is 1. The minimum atomic E-state index is -0.540. The van der Waals surface area contributed by atoms with Crippen molar-refractivity contribution in [2.45, 2.75) is 20.8 Å². The van der Waals surface area contributed by atoms with E-state index in [1.54, 1.807) is 26.8 Å². The number of nitrogens with one attached hydrogen (secondary N) is 1. The summed E-state index contributed by atoms with van der Waals surface area (Å²) in [4.78, 5) is 36.4. The topological polar surface area (TPSA) is 119 Å². The summed E-state index contributed by atoms with van der Waals surface area (Å²) in [6.07, 6.45) is 0. The van der Waals surface area contributed by atoms with Gasteiger partial charge in [-0.25, -0.2) is 0 Å². The molecule has 0 atom stereocenters. The monoisotopic (exact) mass is 346 g/mol. The lowest BCUT2D eigenvalue weighted by molar-refractivity contribution is -0.385. The number of nitro benzene ring substituents is 1. The summed E-state index contributed by atoms with van der Waals surface area (Å²) >= 11 is 0. The summed E-state index contributed by atoms with van der Waals surface area (Å²) in [5.41, 5.74) is 0.484. The second-order valence-corrected chi connectivity index (χ2v) is 5.45. The fraction of sp³-hybridized carbons (Fsp3) is 0.312. The van der Waals surface area contributed by atoms with Gasteiger partial charge in [-0.3, -0.25) is 19.7 Å². The average Bonchev–Trinajstić information content (AvgIpc) is 2.97. The van der Waals surface area contributed by atoms with E-state index in [4.69, 9.17) is 4.52 Å². The molecule has 0 saturated heterocycles. The van der Waals surface area contributed by atoms with Gasteiger partial charge in [0, 0.05) is 29.8 Å². The number of amides is 2. The van der Waals surface area contributed by atoms with E-state index in [9.17, 15) is 19.7 Å². The number of nitro groups is 1. The van der Waals surface area contributed by atoms with Crippen LogP contribution in [-0.2, 0) is 4.79 Å². The Balaban J connectivity index is 2.11. The second kappa shape index (κ2) is 7.56. The highest BCUT2D eigenvalue weighted by Crippen LogP contribution is 2.20. The lowest BCUT2D eigenvalue weighted by Gasteiger charge is -2.20. The molecule has 9 heteroatoms. The van der Waals surface area contributed by atoms with Crippen LogP contribution in [0.25, 0.3) is 0 Å². The Morgan fingerprint density at radius 3 is 2.60 bits per heavy atom. The highest BCUT2D eigenvalue weighted by atomic mass is 16.6. The van der Waals surface area contributed by atoms with Crippen LogP contribution < -0.4 is 5.32 Å². The van der Waals surface area contributed by atoms with E-state index in [0.717, 1.165) is 0 Å². The van der Waals surface area contributed by atoms with Crippen LogP contribution in [0.15, 0.2) is 28.8 Å². The number of hydrogen-bond donors (Lipinski definition) is 1. The molecule has 0 aliphatic heterocycles. The molecule has 1 aromatic carbocycles. The van der Waals surface area contributed by atoms with Crippen molar-refractivity contribution in [2.75, 3.05) is 18.4 Å². The van der Waals surface area contributed by atoms with Crippen molar-refractivity contribution in [2.24, 2.45) is 0 Å². The first-order valence-corrected chi connectivity index (χ1v) is 7.59. The maximum Gasteiger partial charge on any atom is 0.273 e. The summed E-state index contributed by atoms with van der Waals surface area (Å²) in [5.74, 6) is -0.0927. The zero-order valence-electron chi connectivity index (χ0n) is 14.1. The lowest BCUT2D eigenvalue weighted by Crippen LogP contribution is -2.38. The Kier molecular flexibility index (Phi) is 5.48. The summed E-state index contributed by atoms with van der Waals surface area (Å²) < 4.78 is 4.85. The summed E-state index contributed by atoms with van der Waals surface area (Å²) in [5, 5.41) is 17.2.